The molecule has 0 heterocycles. The number of hydrogen-bond acceptors (Lipinski definition) is 3. The first-order valence-corrected chi connectivity index (χ1v) is 13.1. The van der Waals surface area contributed by atoms with Gasteiger partial charge in [-0.2, -0.15) is 0 Å². The van der Waals surface area contributed by atoms with E-state index < -0.39 is 11.6 Å². The van der Waals surface area contributed by atoms with Crippen molar-refractivity contribution in [1.29, 1.82) is 0 Å². The van der Waals surface area contributed by atoms with Gasteiger partial charge in [-0.15, -0.1) is 0 Å². The second-order valence-corrected chi connectivity index (χ2v) is 10.8. The Hall–Kier alpha value is -3.02. The van der Waals surface area contributed by atoms with Crippen LogP contribution in [0.25, 0.3) is 0 Å². The molecule has 3 aromatic rings. The third-order valence-corrected chi connectivity index (χ3v) is 6.56. The van der Waals surface area contributed by atoms with E-state index in [1.807, 2.05) is 75.4 Å². The molecule has 0 bridgehead atoms. The Morgan fingerprint density at radius 2 is 1.51 bits per heavy atom. The summed E-state index contributed by atoms with van der Waals surface area (Å²) in [7, 11) is 0. The molecule has 2 amide bonds. The molecule has 0 unspecified atom stereocenters. The van der Waals surface area contributed by atoms with E-state index in [0.29, 0.717) is 27.8 Å². The van der Waals surface area contributed by atoms with Gasteiger partial charge in [0.25, 0.3) is 5.91 Å². The molecule has 7 heteroatoms. The average Bonchev–Trinajstić information content (AvgIpc) is 2.86. The van der Waals surface area contributed by atoms with Crippen molar-refractivity contribution in [2.24, 2.45) is 0 Å². The van der Waals surface area contributed by atoms with Crippen LogP contribution in [0.4, 0.5) is 0 Å². The molecule has 0 saturated heterocycles. The second kappa shape index (κ2) is 13.0. The zero-order valence-electron chi connectivity index (χ0n) is 21.8. The number of halogens is 2. The molecule has 0 radical (unpaired) electrons. The molecule has 37 heavy (non-hydrogen) atoms. The maximum atomic E-state index is 13.7. The molecule has 0 aliphatic heterocycles. The summed E-state index contributed by atoms with van der Waals surface area (Å²) in [5.74, 6) is -0.0271. The summed E-state index contributed by atoms with van der Waals surface area (Å²) < 4.78 is 5.84. The highest BCUT2D eigenvalue weighted by molar-refractivity contribution is 6.36. The fraction of sp³-hybridized carbons (Fsp3) is 0.333. The first kappa shape index (κ1) is 28.5. The van der Waals surface area contributed by atoms with Gasteiger partial charge in [0.1, 0.15) is 11.8 Å². The minimum atomic E-state index is -0.812. The quantitative estimate of drug-likeness (QED) is 0.319. The Balaban J connectivity index is 1.96. The van der Waals surface area contributed by atoms with Crippen molar-refractivity contribution in [3.05, 3.63) is 99.5 Å². The van der Waals surface area contributed by atoms with Crippen LogP contribution in [-0.2, 0) is 29.0 Å². The van der Waals surface area contributed by atoms with Crippen LogP contribution in [0, 0.1) is 0 Å². The fourth-order valence-electron chi connectivity index (χ4n) is 3.91. The first-order chi connectivity index (χ1) is 17.6. The maximum absolute atomic E-state index is 13.7. The average molecular weight is 542 g/mol. The smallest absolute Gasteiger partial charge is 0.261 e. The number of nitrogens with zero attached hydrogens (tertiary/aromatic N) is 1. The standard InChI is InChI=1S/C30H34Cl2N2O3/c1-5-21-14-16-23(17-15-21)37-20-28(35)34(19-24-25(31)12-9-13-26(24)32)27(29(36)33-30(2,3)4)18-22-10-7-6-8-11-22/h6-17,27H,5,18-20H2,1-4H3,(H,33,36)/t27-/m0/s1. The minimum Gasteiger partial charge on any atom is -0.484 e. The van der Waals surface area contributed by atoms with Gasteiger partial charge in [-0.3, -0.25) is 9.59 Å². The molecule has 0 fully saturated rings. The first-order valence-electron chi connectivity index (χ1n) is 12.4. The Bertz CT molecular complexity index is 1170. The maximum Gasteiger partial charge on any atom is 0.261 e. The van der Waals surface area contributed by atoms with Gasteiger partial charge in [0, 0.05) is 34.1 Å². The summed E-state index contributed by atoms with van der Waals surface area (Å²) in [6.07, 6.45) is 1.23. The van der Waals surface area contributed by atoms with Crippen molar-refractivity contribution >= 4 is 35.0 Å². The van der Waals surface area contributed by atoms with Gasteiger partial charge < -0.3 is 15.0 Å². The van der Waals surface area contributed by atoms with Crippen LogP contribution >= 0.6 is 23.2 Å². The number of ether oxygens (including phenoxy) is 1. The summed E-state index contributed by atoms with van der Waals surface area (Å²) in [6, 6.07) is 21.6. The lowest BCUT2D eigenvalue weighted by atomic mass is 10.0. The molecule has 0 spiro atoms. The van der Waals surface area contributed by atoms with Gasteiger partial charge in [-0.25, -0.2) is 0 Å². The molecular formula is C30H34Cl2N2O3. The van der Waals surface area contributed by atoms with E-state index in [1.165, 1.54) is 10.5 Å². The van der Waals surface area contributed by atoms with E-state index in [9.17, 15) is 9.59 Å². The van der Waals surface area contributed by atoms with E-state index >= 15 is 0 Å². The van der Waals surface area contributed by atoms with Crippen molar-refractivity contribution in [3.63, 3.8) is 0 Å². The lowest BCUT2D eigenvalue weighted by molar-refractivity contribution is -0.143. The predicted molar refractivity (Wildman–Crippen MR) is 150 cm³/mol. The highest BCUT2D eigenvalue weighted by Crippen LogP contribution is 2.27. The van der Waals surface area contributed by atoms with Gasteiger partial charge in [-0.1, -0.05) is 78.7 Å². The van der Waals surface area contributed by atoms with Crippen LogP contribution in [0.5, 0.6) is 5.75 Å². The third kappa shape index (κ3) is 8.51. The molecule has 5 nitrogen and oxygen atoms in total. The molecule has 0 saturated carbocycles. The number of rotatable bonds is 10. The van der Waals surface area contributed by atoms with Crippen molar-refractivity contribution in [2.75, 3.05) is 6.61 Å². The monoisotopic (exact) mass is 540 g/mol. The predicted octanol–water partition coefficient (Wildman–Crippen LogP) is 6.49. The van der Waals surface area contributed by atoms with Crippen LogP contribution in [0.15, 0.2) is 72.8 Å². The number of carbonyl (C=O) groups is 2. The van der Waals surface area contributed by atoms with Gasteiger partial charge in [0.05, 0.1) is 0 Å². The van der Waals surface area contributed by atoms with Gasteiger partial charge in [-0.05, 0) is 62.6 Å². The molecule has 196 valence electrons. The van der Waals surface area contributed by atoms with Gasteiger partial charge >= 0.3 is 0 Å². The van der Waals surface area contributed by atoms with E-state index in [2.05, 4.69) is 12.2 Å². The molecule has 0 aliphatic carbocycles. The lowest BCUT2D eigenvalue weighted by Crippen LogP contribution is -2.55. The largest absolute Gasteiger partial charge is 0.484 e. The minimum absolute atomic E-state index is 0.0601. The van der Waals surface area contributed by atoms with Crippen molar-refractivity contribution in [1.82, 2.24) is 10.2 Å². The van der Waals surface area contributed by atoms with Crippen LogP contribution in [0.2, 0.25) is 10.0 Å². The van der Waals surface area contributed by atoms with Crippen LogP contribution in [0.1, 0.15) is 44.4 Å². The normalized spacial score (nSPS) is 12.1. The Labute approximate surface area is 229 Å². The number of amides is 2. The van der Waals surface area contributed by atoms with Crippen LogP contribution in [-0.4, -0.2) is 34.9 Å². The molecule has 1 N–H and O–H groups in total. The number of carbonyl (C=O) groups excluding carboxylic acids is 2. The second-order valence-electron chi connectivity index (χ2n) is 9.95. The number of benzene rings is 3. The molecule has 3 aromatic carbocycles. The number of aryl methyl sites for hydroxylation is 1. The summed E-state index contributed by atoms with van der Waals surface area (Å²) in [5, 5.41) is 3.89. The lowest BCUT2D eigenvalue weighted by Gasteiger charge is -2.34. The van der Waals surface area contributed by atoms with Crippen molar-refractivity contribution < 1.29 is 14.3 Å². The van der Waals surface area contributed by atoms with Crippen LogP contribution in [0.3, 0.4) is 0 Å². The van der Waals surface area contributed by atoms with E-state index in [1.54, 1.807) is 18.2 Å². The summed E-state index contributed by atoms with van der Waals surface area (Å²) >= 11 is 13.0. The van der Waals surface area contributed by atoms with Crippen molar-refractivity contribution in [2.45, 2.75) is 58.7 Å². The SMILES string of the molecule is CCc1ccc(OCC(=O)N(Cc2c(Cl)cccc2Cl)[C@@H](Cc2ccccc2)C(=O)NC(C)(C)C)cc1. The van der Waals surface area contributed by atoms with E-state index in [-0.39, 0.29) is 25.0 Å². The zero-order chi connectivity index (χ0) is 27.0. The highest BCUT2D eigenvalue weighted by Gasteiger charge is 2.33. The molecule has 0 aliphatic rings. The van der Waals surface area contributed by atoms with Crippen molar-refractivity contribution in [3.8, 4) is 5.75 Å². The zero-order valence-corrected chi connectivity index (χ0v) is 23.3. The van der Waals surface area contributed by atoms with Gasteiger partial charge in [0.2, 0.25) is 5.91 Å². The topological polar surface area (TPSA) is 58.6 Å². The Kier molecular flexibility index (Phi) is 10.0. The van der Waals surface area contributed by atoms with Gasteiger partial charge in [0.15, 0.2) is 6.61 Å². The Morgan fingerprint density at radius 1 is 0.892 bits per heavy atom. The fourth-order valence-corrected chi connectivity index (χ4v) is 4.43. The molecule has 1 atom stereocenters. The third-order valence-electron chi connectivity index (χ3n) is 5.85. The summed E-state index contributed by atoms with van der Waals surface area (Å²) in [4.78, 5) is 28.8. The molecule has 0 aromatic heterocycles. The summed E-state index contributed by atoms with van der Waals surface area (Å²) in [5.41, 5.74) is 2.19. The van der Waals surface area contributed by atoms with E-state index in [0.717, 1.165) is 12.0 Å². The number of nitrogens with one attached hydrogen (secondary N) is 1. The van der Waals surface area contributed by atoms with E-state index in [4.69, 9.17) is 27.9 Å². The number of hydrogen-bond donors (Lipinski definition) is 1. The highest BCUT2D eigenvalue weighted by atomic mass is 35.5. The summed E-state index contributed by atoms with van der Waals surface area (Å²) in [6.45, 7) is 7.62. The van der Waals surface area contributed by atoms with Crippen LogP contribution < -0.4 is 10.1 Å². The molecular weight excluding hydrogens is 507 g/mol. The molecule has 3 rings (SSSR count). The Morgan fingerprint density at radius 3 is 2.08 bits per heavy atom.